The lowest BCUT2D eigenvalue weighted by Gasteiger charge is -2.47. The van der Waals surface area contributed by atoms with Crippen molar-refractivity contribution in [1.82, 2.24) is 4.90 Å². The van der Waals surface area contributed by atoms with Gasteiger partial charge in [0.2, 0.25) is 11.8 Å². The molecule has 1 N–H and O–H groups in total. The summed E-state index contributed by atoms with van der Waals surface area (Å²) < 4.78 is 0. The number of amides is 2. The van der Waals surface area contributed by atoms with Crippen molar-refractivity contribution in [3.8, 4) is 0 Å². The second-order valence-corrected chi connectivity index (χ2v) is 9.46. The second-order valence-electron chi connectivity index (χ2n) is 9.46. The Morgan fingerprint density at radius 2 is 1.41 bits per heavy atom. The molecule has 2 amide bonds. The zero-order valence-corrected chi connectivity index (χ0v) is 17.3. The van der Waals surface area contributed by atoms with Crippen LogP contribution in [0.5, 0.6) is 0 Å². The van der Waals surface area contributed by atoms with Gasteiger partial charge in [-0.15, -0.1) is 0 Å². The Bertz CT molecular complexity index is 757. The van der Waals surface area contributed by atoms with Crippen LogP contribution in [0, 0.1) is 0 Å². The van der Waals surface area contributed by atoms with Crippen LogP contribution in [-0.2, 0) is 9.59 Å². The van der Waals surface area contributed by atoms with Crippen LogP contribution in [0.25, 0.3) is 0 Å². The van der Waals surface area contributed by atoms with Gasteiger partial charge in [-0.3, -0.25) is 14.5 Å². The lowest BCUT2D eigenvalue weighted by atomic mass is 9.89. The molecule has 3 heterocycles. The molecule has 5 nitrogen and oxygen atoms in total. The van der Waals surface area contributed by atoms with Gasteiger partial charge in [0.05, 0.1) is 11.4 Å². The van der Waals surface area contributed by atoms with E-state index in [1.54, 1.807) is 0 Å². The van der Waals surface area contributed by atoms with Gasteiger partial charge in [-0.25, -0.2) is 0 Å². The van der Waals surface area contributed by atoms with Crippen LogP contribution in [0.15, 0.2) is 24.3 Å². The topological polar surface area (TPSA) is 52.7 Å². The molecule has 3 atom stereocenters. The smallest absolute Gasteiger partial charge is 0.236 e. The summed E-state index contributed by atoms with van der Waals surface area (Å²) >= 11 is 0. The van der Waals surface area contributed by atoms with Crippen molar-refractivity contribution in [2.24, 2.45) is 0 Å². The van der Waals surface area contributed by atoms with Gasteiger partial charge in [-0.05, 0) is 50.7 Å². The molecule has 29 heavy (non-hydrogen) atoms. The molecule has 0 unspecified atom stereocenters. The number of piperidine rings is 1. The summed E-state index contributed by atoms with van der Waals surface area (Å²) in [4.78, 5) is 30.0. The van der Waals surface area contributed by atoms with Crippen LogP contribution in [0.4, 0.5) is 11.4 Å². The minimum atomic E-state index is -0.195. The van der Waals surface area contributed by atoms with Gasteiger partial charge >= 0.3 is 0 Å². The maximum absolute atomic E-state index is 13.0. The van der Waals surface area contributed by atoms with E-state index in [1.807, 2.05) is 29.2 Å². The van der Waals surface area contributed by atoms with Crippen LogP contribution in [-0.4, -0.2) is 40.9 Å². The molecule has 5 heteroatoms. The van der Waals surface area contributed by atoms with Gasteiger partial charge in [-0.2, -0.15) is 0 Å². The zero-order chi connectivity index (χ0) is 19.8. The highest BCUT2D eigenvalue weighted by Gasteiger charge is 2.46. The fourth-order valence-electron chi connectivity index (χ4n) is 6.47. The van der Waals surface area contributed by atoms with Crippen LogP contribution in [0.1, 0.15) is 77.0 Å². The van der Waals surface area contributed by atoms with Gasteiger partial charge in [-0.1, -0.05) is 44.2 Å². The van der Waals surface area contributed by atoms with Crippen LogP contribution in [0.3, 0.4) is 0 Å². The molecule has 0 spiro atoms. The maximum Gasteiger partial charge on any atom is 0.236 e. The zero-order valence-electron chi connectivity index (χ0n) is 17.3. The first-order valence-electron chi connectivity index (χ1n) is 11.7. The molecule has 0 aromatic heterocycles. The molecule has 3 aliphatic heterocycles. The number of carbonyl (C=O) groups is 2. The van der Waals surface area contributed by atoms with E-state index in [2.05, 4.69) is 10.2 Å². The Hall–Kier alpha value is -1.88. The average Bonchev–Trinajstić information content (AvgIpc) is 2.86. The van der Waals surface area contributed by atoms with Crippen molar-refractivity contribution < 1.29 is 9.59 Å². The highest BCUT2D eigenvalue weighted by Crippen LogP contribution is 2.43. The lowest BCUT2D eigenvalue weighted by molar-refractivity contribution is -0.125. The van der Waals surface area contributed by atoms with E-state index in [0.29, 0.717) is 12.1 Å². The summed E-state index contributed by atoms with van der Waals surface area (Å²) in [5.41, 5.74) is 1.66. The average molecular weight is 396 g/mol. The number of hydrogen-bond donors (Lipinski definition) is 1. The molecular weight excluding hydrogens is 362 g/mol. The van der Waals surface area contributed by atoms with E-state index in [4.69, 9.17) is 0 Å². The fraction of sp³-hybridized carbons (Fsp3) is 0.667. The van der Waals surface area contributed by atoms with Gasteiger partial charge in [0.1, 0.15) is 6.42 Å². The number of rotatable bonds is 2. The molecule has 2 bridgehead atoms. The predicted molar refractivity (Wildman–Crippen MR) is 115 cm³/mol. The molecule has 2 saturated heterocycles. The molecule has 4 aliphatic rings. The maximum atomic E-state index is 13.0. The van der Waals surface area contributed by atoms with Crippen molar-refractivity contribution in [1.29, 1.82) is 0 Å². The number of nitrogens with one attached hydrogen (secondary N) is 1. The SMILES string of the molecule is O=C1CC(=O)N([C@@H]2C[C@H]3CC[C@@H](C2)N3C2CCCCCCC2)c2ccccc2N1. The number of nitrogens with zero attached hydrogens (tertiary/aromatic N) is 2. The summed E-state index contributed by atoms with van der Waals surface area (Å²) in [5.74, 6) is -0.240. The third-order valence-electron chi connectivity index (χ3n) is 7.64. The third-order valence-corrected chi connectivity index (χ3v) is 7.64. The summed E-state index contributed by atoms with van der Waals surface area (Å²) in [7, 11) is 0. The molecule has 1 aromatic rings. The quantitative estimate of drug-likeness (QED) is 0.752. The molecule has 156 valence electrons. The highest BCUT2D eigenvalue weighted by molar-refractivity contribution is 6.14. The van der Waals surface area contributed by atoms with E-state index in [1.165, 1.54) is 57.8 Å². The van der Waals surface area contributed by atoms with Crippen molar-refractivity contribution in [3.63, 3.8) is 0 Å². The third kappa shape index (κ3) is 3.70. The minimum absolute atomic E-state index is 0.0451. The van der Waals surface area contributed by atoms with E-state index < -0.39 is 0 Å². The van der Waals surface area contributed by atoms with Crippen molar-refractivity contribution in [2.45, 2.75) is 101 Å². The van der Waals surface area contributed by atoms with E-state index in [9.17, 15) is 9.59 Å². The van der Waals surface area contributed by atoms with Crippen LogP contribution >= 0.6 is 0 Å². The first-order chi connectivity index (χ1) is 14.2. The highest BCUT2D eigenvalue weighted by atomic mass is 16.2. The molecule has 0 radical (unpaired) electrons. The minimum Gasteiger partial charge on any atom is -0.324 e. The number of fused-ring (bicyclic) bond motifs is 3. The lowest BCUT2D eigenvalue weighted by Crippen LogP contribution is -2.55. The first-order valence-corrected chi connectivity index (χ1v) is 11.7. The fourth-order valence-corrected chi connectivity index (χ4v) is 6.47. The molecule has 3 fully saturated rings. The van der Waals surface area contributed by atoms with Gasteiger partial charge in [0.25, 0.3) is 0 Å². The number of anilines is 2. The van der Waals surface area contributed by atoms with Gasteiger partial charge < -0.3 is 10.2 Å². The summed E-state index contributed by atoms with van der Waals surface area (Å²) in [6.45, 7) is 0. The van der Waals surface area contributed by atoms with E-state index >= 15 is 0 Å². The molecule has 1 saturated carbocycles. The second kappa shape index (κ2) is 8.10. The van der Waals surface area contributed by atoms with Crippen molar-refractivity contribution in [2.75, 3.05) is 10.2 Å². The Balaban J connectivity index is 1.38. The number of carbonyl (C=O) groups excluding carboxylic acids is 2. The van der Waals surface area contributed by atoms with Gasteiger partial charge in [0.15, 0.2) is 0 Å². The number of hydrogen-bond acceptors (Lipinski definition) is 3. The predicted octanol–water partition coefficient (Wildman–Crippen LogP) is 4.47. The molecule has 5 rings (SSSR count). The number of para-hydroxylation sites is 2. The van der Waals surface area contributed by atoms with Crippen molar-refractivity contribution in [3.05, 3.63) is 24.3 Å². The molecule has 1 aliphatic carbocycles. The standard InChI is InChI=1S/C24H33N3O2/c28-23-16-24(29)27(22-11-7-6-10-21(22)25-23)20-14-18-12-13-19(15-20)26(18)17-8-4-2-1-3-5-9-17/h6-7,10-11,17-20H,1-5,8-9,12-16H2,(H,25,28)/t18-,19+,20-. The summed E-state index contributed by atoms with van der Waals surface area (Å²) in [5, 5.41) is 2.92. The van der Waals surface area contributed by atoms with Gasteiger partial charge in [0, 0.05) is 24.2 Å². The molecular formula is C24H33N3O2. The van der Waals surface area contributed by atoms with Crippen LogP contribution < -0.4 is 10.2 Å². The Morgan fingerprint density at radius 1 is 0.759 bits per heavy atom. The monoisotopic (exact) mass is 395 g/mol. The number of benzene rings is 1. The summed E-state index contributed by atoms with van der Waals surface area (Å²) in [6.07, 6.45) is 14.2. The Kier molecular flexibility index (Phi) is 5.33. The first kappa shape index (κ1) is 19.1. The Labute approximate surface area is 173 Å². The summed E-state index contributed by atoms with van der Waals surface area (Å²) in [6, 6.07) is 9.93. The van der Waals surface area contributed by atoms with E-state index in [-0.39, 0.29) is 24.3 Å². The largest absolute Gasteiger partial charge is 0.324 e. The normalized spacial score (nSPS) is 31.6. The Morgan fingerprint density at radius 3 is 2.14 bits per heavy atom. The van der Waals surface area contributed by atoms with Crippen LogP contribution in [0.2, 0.25) is 0 Å². The van der Waals surface area contributed by atoms with E-state index in [0.717, 1.165) is 30.3 Å². The van der Waals surface area contributed by atoms with Crippen molar-refractivity contribution >= 4 is 23.2 Å². The molecule has 1 aromatic carbocycles.